The molecule has 1 rings (SSSR count). The molecule has 0 fully saturated rings. The average Bonchev–Trinajstić information content (AvgIpc) is 2.08. The summed E-state index contributed by atoms with van der Waals surface area (Å²) in [4.78, 5) is 11.0. The van der Waals surface area contributed by atoms with Crippen LogP contribution in [0.3, 0.4) is 0 Å². The lowest BCUT2D eigenvalue weighted by Crippen LogP contribution is -1.97. The van der Waals surface area contributed by atoms with Gasteiger partial charge >= 0.3 is 0 Å². The molecule has 0 saturated carbocycles. The molecule has 13 heavy (non-hydrogen) atoms. The van der Waals surface area contributed by atoms with Gasteiger partial charge in [0.05, 0.1) is 11.6 Å². The largest absolute Gasteiger partial charge is 0.495 e. The Hall–Kier alpha value is -0.900. The van der Waals surface area contributed by atoms with Gasteiger partial charge in [-0.3, -0.25) is 4.79 Å². The number of benzene rings is 1. The molecule has 4 heteroatoms. The van der Waals surface area contributed by atoms with Crippen LogP contribution in [0.15, 0.2) is 16.6 Å². The Morgan fingerprint density at radius 3 is 2.62 bits per heavy atom. The van der Waals surface area contributed by atoms with Gasteiger partial charge in [0.1, 0.15) is 11.6 Å². The van der Waals surface area contributed by atoms with Gasteiger partial charge in [-0.15, -0.1) is 0 Å². The van der Waals surface area contributed by atoms with Crippen LogP contribution in [-0.2, 0) is 0 Å². The van der Waals surface area contributed by atoms with Crippen LogP contribution >= 0.6 is 15.9 Å². The fourth-order valence-corrected chi connectivity index (χ4v) is 1.64. The third kappa shape index (κ3) is 2.06. The van der Waals surface area contributed by atoms with Crippen molar-refractivity contribution in [1.82, 2.24) is 0 Å². The van der Waals surface area contributed by atoms with Crippen molar-refractivity contribution >= 4 is 21.7 Å². The Balaban J connectivity index is 3.35. The fourth-order valence-electron chi connectivity index (χ4n) is 0.969. The van der Waals surface area contributed by atoms with Crippen molar-refractivity contribution in [2.45, 2.75) is 6.92 Å². The maximum absolute atomic E-state index is 12.9. The molecule has 0 aliphatic rings. The Bertz CT molecular complexity index is 350. The van der Waals surface area contributed by atoms with E-state index in [2.05, 4.69) is 15.9 Å². The Morgan fingerprint density at radius 1 is 1.54 bits per heavy atom. The SMILES string of the molecule is COc1cc(F)cc(C(C)=O)c1Br. The standard InChI is InChI=1S/C9H8BrFO2/c1-5(12)7-3-6(11)4-8(13-2)9(7)10/h3-4H,1-2H3. The molecule has 0 aliphatic heterocycles. The molecule has 0 spiro atoms. The van der Waals surface area contributed by atoms with Gasteiger partial charge in [0.2, 0.25) is 0 Å². The Labute approximate surface area is 83.8 Å². The molecule has 0 bridgehead atoms. The maximum Gasteiger partial charge on any atom is 0.161 e. The van der Waals surface area contributed by atoms with Crippen LogP contribution in [0, 0.1) is 5.82 Å². The summed E-state index contributed by atoms with van der Waals surface area (Å²) in [5, 5.41) is 0. The predicted octanol–water partition coefficient (Wildman–Crippen LogP) is 2.80. The molecule has 0 aromatic heterocycles. The topological polar surface area (TPSA) is 26.3 Å². The lowest BCUT2D eigenvalue weighted by molar-refractivity contribution is 0.101. The summed E-state index contributed by atoms with van der Waals surface area (Å²) in [6.07, 6.45) is 0. The van der Waals surface area contributed by atoms with Gasteiger partial charge in [-0.05, 0) is 28.9 Å². The number of carbonyl (C=O) groups excluding carboxylic acids is 1. The first-order valence-electron chi connectivity index (χ1n) is 3.60. The number of rotatable bonds is 2. The van der Waals surface area contributed by atoms with E-state index in [0.29, 0.717) is 10.2 Å². The molecule has 0 N–H and O–H groups in total. The number of carbonyl (C=O) groups is 1. The van der Waals surface area contributed by atoms with Gasteiger partial charge in [-0.1, -0.05) is 0 Å². The molecule has 1 aromatic carbocycles. The average molecular weight is 247 g/mol. The first-order chi connectivity index (χ1) is 6.06. The van der Waals surface area contributed by atoms with Crippen molar-refractivity contribution in [3.8, 4) is 5.75 Å². The van der Waals surface area contributed by atoms with Crippen molar-refractivity contribution < 1.29 is 13.9 Å². The third-order valence-corrected chi connectivity index (χ3v) is 2.42. The second-order valence-electron chi connectivity index (χ2n) is 2.53. The molecular weight excluding hydrogens is 239 g/mol. The number of hydrogen-bond donors (Lipinski definition) is 0. The number of ketones is 1. The molecule has 2 nitrogen and oxygen atoms in total. The number of ether oxygens (including phenoxy) is 1. The Morgan fingerprint density at radius 2 is 2.15 bits per heavy atom. The molecule has 0 saturated heterocycles. The lowest BCUT2D eigenvalue weighted by atomic mass is 10.1. The summed E-state index contributed by atoms with van der Waals surface area (Å²) in [5.74, 6) is -0.361. The summed E-state index contributed by atoms with van der Waals surface area (Å²) in [6.45, 7) is 1.37. The third-order valence-electron chi connectivity index (χ3n) is 1.60. The van der Waals surface area contributed by atoms with Crippen LogP contribution in [0.4, 0.5) is 4.39 Å². The molecule has 1 aromatic rings. The highest BCUT2D eigenvalue weighted by molar-refractivity contribution is 9.10. The molecule has 0 unspecified atom stereocenters. The van der Waals surface area contributed by atoms with Crippen molar-refractivity contribution in [2.24, 2.45) is 0 Å². The molecule has 0 heterocycles. The van der Waals surface area contributed by atoms with E-state index >= 15 is 0 Å². The number of methoxy groups -OCH3 is 1. The molecule has 0 amide bonds. The van der Waals surface area contributed by atoms with Gasteiger partial charge in [0, 0.05) is 11.6 Å². The summed E-state index contributed by atoms with van der Waals surface area (Å²) in [5.41, 5.74) is 0.289. The zero-order chi connectivity index (χ0) is 10.0. The second kappa shape index (κ2) is 3.87. The lowest BCUT2D eigenvalue weighted by Gasteiger charge is -2.06. The minimum atomic E-state index is -0.481. The van der Waals surface area contributed by atoms with E-state index in [-0.39, 0.29) is 11.3 Å². The normalized spacial score (nSPS) is 9.85. The smallest absolute Gasteiger partial charge is 0.161 e. The van der Waals surface area contributed by atoms with Crippen LogP contribution < -0.4 is 4.74 Å². The fraction of sp³-hybridized carbons (Fsp3) is 0.222. The van der Waals surface area contributed by atoms with E-state index in [1.54, 1.807) is 0 Å². The van der Waals surface area contributed by atoms with E-state index in [9.17, 15) is 9.18 Å². The van der Waals surface area contributed by atoms with E-state index in [0.717, 1.165) is 0 Å². The molecule has 0 atom stereocenters. The first-order valence-corrected chi connectivity index (χ1v) is 4.39. The number of hydrogen-bond acceptors (Lipinski definition) is 2. The van der Waals surface area contributed by atoms with Crippen LogP contribution in [0.5, 0.6) is 5.75 Å². The zero-order valence-electron chi connectivity index (χ0n) is 7.23. The highest BCUT2D eigenvalue weighted by Crippen LogP contribution is 2.29. The van der Waals surface area contributed by atoms with Crippen LogP contribution in [0.1, 0.15) is 17.3 Å². The number of Topliss-reactive ketones (excluding diaryl/α,β-unsaturated/α-hetero) is 1. The van der Waals surface area contributed by atoms with Gasteiger partial charge in [0.25, 0.3) is 0 Å². The van der Waals surface area contributed by atoms with Gasteiger partial charge in [0.15, 0.2) is 5.78 Å². The summed E-state index contributed by atoms with van der Waals surface area (Å²) < 4.78 is 18.3. The molecule has 70 valence electrons. The van der Waals surface area contributed by atoms with Crippen molar-refractivity contribution in [2.75, 3.05) is 7.11 Å². The Kier molecular flexibility index (Phi) is 3.03. The summed E-state index contributed by atoms with van der Waals surface area (Å²) >= 11 is 3.16. The van der Waals surface area contributed by atoms with Gasteiger partial charge in [-0.2, -0.15) is 0 Å². The molecular formula is C9H8BrFO2. The van der Waals surface area contributed by atoms with Crippen LogP contribution in [0.25, 0.3) is 0 Å². The van der Waals surface area contributed by atoms with Crippen LogP contribution in [-0.4, -0.2) is 12.9 Å². The van der Waals surface area contributed by atoms with Crippen LogP contribution in [0.2, 0.25) is 0 Å². The second-order valence-corrected chi connectivity index (χ2v) is 3.32. The molecule has 0 aliphatic carbocycles. The molecule has 0 radical (unpaired) electrons. The summed E-state index contributed by atoms with van der Waals surface area (Å²) in [7, 11) is 1.42. The first kappa shape index (κ1) is 10.2. The van der Waals surface area contributed by atoms with E-state index < -0.39 is 5.82 Å². The minimum absolute atomic E-state index is 0.204. The zero-order valence-corrected chi connectivity index (χ0v) is 8.81. The van der Waals surface area contributed by atoms with Gasteiger partial charge in [-0.25, -0.2) is 4.39 Å². The highest BCUT2D eigenvalue weighted by Gasteiger charge is 2.12. The van der Waals surface area contributed by atoms with E-state index in [4.69, 9.17) is 4.74 Å². The summed E-state index contributed by atoms with van der Waals surface area (Å²) in [6, 6.07) is 2.39. The maximum atomic E-state index is 12.9. The monoisotopic (exact) mass is 246 g/mol. The quantitative estimate of drug-likeness (QED) is 0.751. The van der Waals surface area contributed by atoms with E-state index in [1.165, 1.54) is 26.2 Å². The van der Waals surface area contributed by atoms with Crippen molar-refractivity contribution in [3.63, 3.8) is 0 Å². The minimum Gasteiger partial charge on any atom is -0.495 e. The van der Waals surface area contributed by atoms with E-state index in [1.807, 2.05) is 0 Å². The van der Waals surface area contributed by atoms with Crippen molar-refractivity contribution in [3.05, 3.63) is 28.0 Å². The van der Waals surface area contributed by atoms with Gasteiger partial charge < -0.3 is 4.74 Å². The van der Waals surface area contributed by atoms with Crippen molar-refractivity contribution in [1.29, 1.82) is 0 Å². The highest BCUT2D eigenvalue weighted by atomic mass is 79.9. The predicted molar refractivity (Wildman–Crippen MR) is 50.7 cm³/mol. The number of halogens is 2.